The molecule has 0 aliphatic carbocycles. The Labute approximate surface area is 133 Å². The molecular weight excluding hydrogens is 397 g/mol. The van der Waals surface area contributed by atoms with E-state index in [0.717, 1.165) is 20.3 Å². The fraction of sp³-hybridized carbons (Fsp3) is 0.250. The first-order valence-corrected chi connectivity index (χ1v) is 7.42. The number of rotatable bonds is 3. The van der Waals surface area contributed by atoms with Crippen LogP contribution in [0.5, 0.6) is 5.75 Å². The highest BCUT2D eigenvalue weighted by Gasteiger charge is 2.13. The largest absolute Gasteiger partial charge is 0.484 e. The number of nitrogens with zero attached hydrogens (tertiary/aromatic N) is 2. The maximum absolute atomic E-state index is 5.91. The lowest BCUT2D eigenvalue weighted by Gasteiger charge is -2.11. The molecule has 2 rings (SSSR count). The Kier molecular flexibility index (Phi) is 4.43. The average Bonchev–Trinajstić information content (AvgIpc) is 2.53. The number of nitrogen functional groups attached to an aromatic ring is 1. The summed E-state index contributed by atoms with van der Waals surface area (Å²) in [4.78, 5) is 0. The van der Waals surface area contributed by atoms with Gasteiger partial charge in [0, 0.05) is 12.1 Å². The van der Waals surface area contributed by atoms with Gasteiger partial charge >= 0.3 is 0 Å². The van der Waals surface area contributed by atoms with Crippen molar-refractivity contribution in [3.05, 3.63) is 37.5 Å². The minimum absolute atomic E-state index is 0.363. The van der Waals surface area contributed by atoms with E-state index in [1.165, 1.54) is 0 Å². The van der Waals surface area contributed by atoms with E-state index in [-0.39, 0.29) is 0 Å². The normalized spacial score (nSPS) is 10.8. The zero-order valence-electron chi connectivity index (χ0n) is 10.4. The molecule has 1 heterocycles. The number of aromatic nitrogens is 2. The van der Waals surface area contributed by atoms with E-state index in [9.17, 15) is 0 Å². The molecule has 0 saturated heterocycles. The molecule has 0 bridgehead atoms. The van der Waals surface area contributed by atoms with Crippen molar-refractivity contribution in [3.8, 4) is 5.75 Å². The molecule has 7 heteroatoms. The molecule has 0 atom stereocenters. The third-order valence-electron chi connectivity index (χ3n) is 2.65. The van der Waals surface area contributed by atoms with E-state index >= 15 is 0 Å². The monoisotopic (exact) mass is 407 g/mol. The van der Waals surface area contributed by atoms with Gasteiger partial charge in [0.15, 0.2) is 5.75 Å². The van der Waals surface area contributed by atoms with E-state index in [1.807, 2.05) is 14.0 Å². The summed E-state index contributed by atoms with van der Waals surface area (Å²) in [6.07, 6.45) is 0. The van der Waals surface area contributed by atoms with Crippen molar-refractivity contribution < 1.29 is 4.74 Å². The lowest BCUT2D eigenvalue weighted by atomic mass is 10.3. The Hall–Kier alpha value is -0.720. The second kappa shape index (κ2) is 5.73. The van der Waals surface area contributed by atoms with Gasteiger partial charge in [-0.2, -0.15) is 5.10 Å². The van der Waals surface area contributed by atoms with Crippen LogP contribution in [0.2, 0.25) is 5.02 Å². The van der Waals surface area contributed by atoms with Crippen molar-refractivity contribution >= 4 is 49.1 Å². The topological polar surface area (TPSA) is 53.1 Å². The van der Waals surface area contributed by atoms with Gasteiger partial charge in [-0.1, -0.05) is 11.6 Å². The molecule has 0 fully saturated rings. The van der Waals surface area contributed by atoms with Crippen LogP contribution >= 0.6 is 43.5 Å². The Morgan fingerprint density at radius 2 is 2.11 bits per heavy atom. The molecule has 0 amide bonds. The van der Waals surface area contributed by atoms with Gasteiger partial charge in [0.25, 0.3) is 0 Å². The maximum Gasteiger partial charge on any atom is 0.157 e. The Morgan fingerprint density at radius 1 is 1.42 bits per heavy atom. The number of anilines is 1. The molecule has 0 saturated carbocycles. The van der Waals surface area contributed by atoms with Crippen LogP contribution in [0.3, 0.4) is 0 Å². The van der Waals surface area contributed by atoms with Crippen molar-refractivity contribution in [2.45, 2.75) is 13.5 Å². The third-order valence-corrected chi connectivity index (χ3v) is 4.49. The smallest absolute Gasteiger partial charge is 0.157 e. The van der Waals surface area contributed by atoms with Crippen LogP contribution in [-0.4, -0.2) is 9.78 Å². The average molecular weight is 410 g/mol. The van der Waals surface area contributed by atoms with Crippen LogP contribution in [0.1, 0.15) is 11.4 Å². The standard InChI is InChI=1S/C12H12Br2ClN3O/c1-6-11(14)10(18(2)17-6)5-19-12-8(13)3-7(15)4-9(12)16/h3-4H,5,16H2,1-2H3. The molecule has 0 spiro atoms. The Bertz CT molecular complexity index is 605. The molecule has 19 heavy (non-hydrogen) atoms. The van der Waals surface area contributed by atoms with Crippen molar-refractivity contribution in [1.82, 2.24) is 9.78 Å². The number of hydrogen-bond acceptors (Lipinski definition) is 3. The van der Waals surface area contributed by atoms with Gasteiger partial charge in [-0.3, -0.25) is 4.68 Å². The fourth-order valence-corrected chi connectivity index (χ4v) is 3.11. The molecule has 4 nitrogen and oxygen atoms in total. The van der Waals surface area contributed by atoms with E-state index in [2.05, 4.69) is 37.0 Å². The molecule has 2 N–H and O–H groups in total. The zero-order valence-corrected chi connectivity index (χ0v) is 14.3. The molecule has 0 aliphatic heterocycles. The van der Waals surface area contributed by atoms with Gasteiger partial charge < -0.3 is 10.5 Å². The molecule has 0 radical (unpaired) electrons. The van der Waals surface area contributed by atoms with Crippen LogP contribution < -0.4 is 10.5 Å². The Morgan fingerprint density at radius 3 is 2.63 bits per heavy atom. The van der Waals surface area contributed by atoms with Gasteiger partial charge in [0.05, 0.1) is 26.0 Å². The highest BCUT2D eigenvalue weighted by molar-refractivity contribution is 9.10. The number of nitrogens with two attached hydrogens (primary N) is 1. The predicted octanol–water partition coefficient (Wildman–Crippen LogP) is 4.07. The molecule has 1 aromatic heterocycles. The minimum atomic E-state index is 0.363. The lowest BCUT2D eigenvalue weighted by molar-refractivity contribution is 0.294. The van der Waals surface area contributed by atoms with Gasteiger partial charge in [0.1, 0.15) is 6.61 Å². The Balaban J connectivity index is 2.24. The predicted molar refractivity (Wildman–Crippen MR) is 83.5 cm³/mol. The second-order valence-corrected chi connectivity index (χ2v) is 6.15. The SMILES string of the molecule is Cc1nn(C)c(COc2c(N)cc(Cl)cc2Br)c1Br. The summed E-state index contributed by atoms with van der Waals surface area (Å²) in [7, 11) is 1.87. The zero-order chi connectivity index (χ0) is 14.2. The number of aryl methyl sites for hydroxylation is 2. The van der Waals surface area contributed by atoms with Crippen LogP contribution in [-0.2, 0) is 13.7 Å². The van der Waals surface area contributed by atoms with Gasteiger partial charge in [0.2, 0.25) is 0 Å². The molecule has 102 valence electrons. The first-order chi connectivity index (χ1) is 8.90. The summed E-state index contributed by atoms with van der Waals surface area (Å²) in [5.74, 6) is 0.579. The van der Waals surface area contributed by atoms with Crippen LogP contribution in [0.4, 0.5) is 5.69 Å². The summed E-state index contributed by atoms with van der Waals surface area (Å²) in [5.41, 5.74) is 8.25. The van der Waals surface area contributed by atoms with Crippen molar-refractivity contribution in [2.24, 2.45) is 7.05 Å². The van der Waals surface area contributed by atoms with Crippen LogP contribution in [0, 0.1) is 6.92 Å². The summed E-state index contributed by atoms with van der Waals surface area (Å²) in [6, 6.07) is 3.40. The van der Waals surface area contributed by atoms with Gasteiger partial charge in [-0.05, 0) is 50.9 Å². The number of hydrogen-bond donors (Lipinski definition) is 1. The highest BCUT2D eigenvalue weighted by Crippen LogP contribution is 2.35. The van der Waals surface area contributed by atoms with Crippen LogP contribution in [0.15, 0.2) is 21.1 Å². The number of halogens is 3. The van der Waals surface area contributed by atoms with Crippen molar-refractivity contribution in [1.29, 1.82) is 0 Å². The van der Waals surface area contributed by atoms with E-state index in [4.69, 9.17) is 22.1 Å². The summed E-state index contributed by atoms with van der Waals surface area (Å²) in [6.45, 7) is 2.29. The molecule has 2 aromatic rings. The maximum atomic E-state index is 5.91. The first kappa shape index (κ1) is 14.7. The molecule has 1 aromatic carbocycles. The lowest BCUT2D eigenvalue weighted by Crippen LogP contribution is -2.05. The third kappa shape index (κ3) is 3.07. The van der Waals surface area contributed by atoms with Crippen LogP contribution in [0.25, 0.3) is 0 Å². The second-order valence-electron chi connectivity index (χ2n) is 4.06. The fourth-order valence-electron chi connectivity index (χ4n) is 1.71. The number of benzene rings is 1. The number of ether oxygens (including phenoxy) is 1. The van der Waals surface area contributed by atoms with Crippen molar-refractivity contribution in [2.75, 3.05) is 5.73 Å². The van der Waals surface area contributed by atoms with Gasteiger partial charge in [-0.25, -0.2) is 0 Å². The summed E-state index contributed by atoms with van der Waals surface area (Å²) >= 11 is 12.8. The van der Waals surface area contributed by atoms with E-state index in [1.54, 1.807) is 16.8 Å². The molecular formula is C12H12Br2ClN3O. The van der Waals surface area contributed by atoms with Gasteiger partial charge in [-0.15, -0.1) is 0 Å². The molecule has 0 aliphatic rings. The highest BCUT2D eigenvalue weighted by atomic mass is 79.9. The summed E-state index contributed by atoms with van der Waals surface area (Å²) < 4.78 is 9.21. The quantitative estimate of drug-likeness (QED) is 0.778. The summed E-state index contributed by atoms with van der Waals surface area (Å²) in [5, 5.41) is 4.87. The van der Waals surface area contributed by atoms with E-state index < -0.39 is 0 Å². The minimum Gasteiger partial charge on any atom is -0.484 e. The first-order valence-electron chi connectivity index (χ1n) is 5.45. The molecule has 0 unspecified atom stereocenters. The van der Waals surface area contributed by atoms with Crippen molar-refractivity contribution in [3.63, 3.8) is 0 Å². The van der Waals surface area contributed by atoms with E-state index in [0.29, 0.717) is 23.1 Å².